The number of thiazole rings is 1. The SMILES string of the molecule is CC(CNC(=O)c1sc(NC2CCC2)nc1N)C1CC1. The zero-order chi connectivity index (χ0) is 14.1. The van der Waals surface area contributed by atoms with Crippen LogP contribution in [0.25, 0.3) is 0 Å². The highest BCUT2D eigenvalue weighted by Crippen LogP contribution is 2.36. The normalized spacial score (nSPS) is 20.2. The summed E-state index contributed by atoms with van der Waals surface area (Å²) in [5, 5.41) is 7.09. The van der Waals surface area contributed by atoms with Gasteiger partial charge in [0, 0.05) is 12.6 Å². The quantitative estimate of drug-likeness (QED) is 0.753. The number of anilines is 2. The van der Waals surface area contributed by atoms with Gasteiger partial charge in [-0.15, -0.1) is 0 Å². The molecule has 1 amide bonds. The number of hydrogen-bond acceptors (Lipinski definition) is 5. The third-order valence-electron chi connectivity index (χ3n) is 4.30. The number of nitrogens with two attached hydrogens (primary N) is 1. The standard InChI is InChI=1S/C14H22N4OS/c1-8(9-5-6-9)7-16-13(19)11-12(15)18-14(20-11)17-10-3-2-4-10/h8-10H,2-7,15H2,1H3,(H,16,19)(H,17,18). The molecule has 1 atom stereocenters. The van der Waals surface area contributed by atoms with Gasteiger partial charge in [0.25, 0.3) is 5.91 Å². The first-order chi connectivity index (χ1) is 9.63. The van der Waals surface area contributed by atoms with E-state index in [0.717, 1.165) is 17.6 Å². The fourth-order valence-corrected chi connectivity index (χ4v) is 3.33. The Balaban J connectivity index is 1.55. The van der Waals surface area contributed by atoms with Crippen LogP contribution in [-0.2, 0) is 0 Å². The van der Waals surface area contributed by atoms with E-state index < -0.39 is 0 Å². The molecule has 110 valence electrons. The maximum absolute atomic E-state index is 12.1. The second-order valence-electron chi connectivity index (χ2n) is 6.03. The predicted molar refractivity (Wildman–Crippen MR) is 82.0 cm³/mol. The number of carbonyl (C=O) groups excluding carboxylic acids is 1. The number of carbonyl (C=O) groups is 1. The van der Waals surface area contributed by atoms with E-state index in [9.17, 15) is 4.79 Å². The Hall–Kier alpha value is -1.30. The van der Waals surface area contributed by atoms with Gasteiger partial charge in [0.05, 0.1) is 0 Å². The van der Waals surface area contributed by atoms with Gasteiger partial charge in [-0.3, -0.25) is 4.79 Å². The maximum Gasteiger partial charge on any atom is 0.265 e. The van der Waals surface area contributed by atoms with Crippen LogP contribution in [0.4, 0.5) is 10.9 Å². The first-order valence-electron chi connectivity index (χ1n) is 7.44. The number of hydrogen-bond donors (Lipinski definition) is 3. The monoisotopic (exact) mass is 294 g/mol. The predicted octanol–water partition coefficient (Wildman–Crippen LogP) is 2.47. The number of amides is 1. The lowest BCUT2D eigenvalue weighted by Crippen LogP contribution is -2.28. The van der Waals surface area contributed by atoms with Gasteiger partial charge in [0.15, 0.2) is 5.13 Å². The van der Waals surface area contributed by atoms with Crippen LogP contribution in [0.5, 0.6) is 0 Å². The third kappa shape index (κ3) is 3.06. The van der Waals surface area contributed by atoms with Gasteiger partial charge in [-0.1, -0.05) is 18.3 Å². The van der Waals surface area contributed by atoms with E-state index in [2.05, 4.69) is 22.5 Å². The number of nitrogen functional groups attached to an aromatic ring is 1. The Bertz CT molecular complexity index is 493. The van der Waals surface area contributed by atoms with Gasteiger partial charge < -0.3 is 16.4 Å². The molecule has 1 aromatic heterocycles. The molecule has 0 saturated heterocycles. The molecule has 3 rings (SSSR count). The van der Waals surface area contributed by atoms with Crippen LogP contribution >= 0.6 is 11.3 Å². The van der Waals surface area contributed by atoms with Crippen LogP contribution < -0.4 is 16.4 Å². The van der Waals surface area contributed by atoms with E-state index >= 15 is 0 Å². The van der Waals surface area contributed by atoms with Crippen molar-refractivity contribution in [2.24, 2.45) is 11.8 Å². The van der Waals surface area contributed by atoms with Crippen LogP contribution in [-0.4, -0.2) is 23.5 Å². The highest BCUT2D eigenvalue weighted by Gasteiger charge is 2.28. The van der Waals surface area contributed by atoms with Crippen molar-refractivity contribution in [1.29, 1.82) is 0 Å². The molecule has 2 aliphatic rings. The lowest BCUT2D eigenvalue weighted by atomic mass is 9.93. The van der Waals surface area contributed by atoms with Gasteiger partial charge in [-0.05, 0) is 43.9 Å². The smallest absolute Gasteiger partial charge is 0.265 e. The molecule has 1 unspecified atom stereocenters. The molecule has 0 radical (unpaired) electrons. The lowest BCUT2D eigenvalue weighted by Gasteiger charge is -2.25. The van der Waals surface area contributed by atoms with Crippen molar-refractivity contribution in [2.45, 2.75) is 45.1 Å². The summed E-state index contributed by atoms with van der Waals surface area (Å²) in [5.41, 5.74) is 5.85. The molecule has 20 heavy (non-hydrogen) atoms. The second-order valence-corrected chi connectivity index (χ2v) is 7.03. The van der Waals surface area contributed by atoms with Crippen molar-refractivity contribution in [1.82, 2.24) is 10.3 Å². The first kappa shape index (κ1) is 13.7. The van der Waals surface area contributed by atoms with Gasteiger partial charge in [0.2, 0.25) is 0 Å². The molecular weight excluding hydrogens is 272 g/mol. The van der Waals surface area contributed by atoms with E-state index in [1.165, 1.54) is 43.4 Å². The molecule has 5 nitrogen and oxygen atoms in total. The molecule has 2 fully saturated rings. The Morgan fingerprint density at radius 3 is 2.80 bits per heavy atom. The average Bonchev–Trinajstić information content (AvgIpc) is 3.15. The zero-order valence-corrected chi connectivity index (χ0v) is 12.6. The van der Waals surface area contributed by atoms with Crippen LogP contribution in [0.2, 0.25) is 0 Å². The fourth-order valence-electron chi connectivity index (χ4n) is 2.45. The topological polar surface area (TPSA) is 80.0 Å². The van der Waals surface area contributed by atoms with E-state index in [1.807, 2.05) is 0 Å². The van der Waals surface area contributed by atoms with Crippen molar-refractivity contribution < 1.29 is 4.79 Å². The Morgan fingerprint density at radius 1 is 1.45 bits per heavy atom. The molecule has 0 bridgehead atoms. The van der Waals surface area contributed by atoms with Crippen LogP contribution in [0.3, 0.4) is 0 Å². The zero-order valence-electron chi connectivity index (χ0n) is 11.8. The van der Waals surface area contributed by atoms with E-state index in [4.69, 9.17) is 5.73 Å². The molecule has 1 heterocycles. The van der Waals surface area contributed by atoms with Crippen LogP contribution in [0.15, 0.2) is 0 Å². The van der Waals surface area contributed by atoms with Gasteiger partial charge >= 0.3 is 0 Å². The highest BCUT2D eigenvalue weighted by molar-refractivity contribution is 7.18. The van der Waals surface area contributed by atoms with Crippen molar-refractivity contribution >= 4 is 28.2 Å². The largest absolute Gasteiger partial charge is 0.382 e. The molecule has 0 aliphatic heterocycles. The highest BCUT2D eigenvalue weighted by atomic mass is 32.1. The van der Waals surface area contributed by atoms with E-state index in [0.29, 0.717) is 22.7 Å². The second kappa shape index (κ2) is 5.60. The van der Waals surface area contributed by atoms with E-state index in [-0.39, 0.29) is 5.91 Å². The molecule has 1 aromatic rings. The van der Waals surface area contributed by atoms with Gasteiger partial charge in [-0.25, -0.2) is 4.98 Å². The minimum absolute atomic E-state index is 0.0887. The van der Waals surface area contributed by atoms with E-state index in [1.54, 1.807) is 0 Å². The Kier molecular flexibility index (Phi) is 3.83. The summed E-state index contributed by atoms with van der Waals surface area (Å²) in [5.74, 6) is 1.60. The van der Waals surface area contributed by atoms with Gasteiger partial charge in [0.1, 0.15) is 10.7 Å². The van der Waals surface area contributed by atoms with Crippen molar-refractivity contribution in [3.63, 3.8) is 0 Å². The summed E-state index contributed by atoms with van der Waals surface area (Å²) >= 11 is 1.36. The molecule has 4 N–H and O–H groups in total. The van der Waals surface area contributed by atoms with Crippen molar-refractivity contribution in [3.8, 4) is 0 Å². The summed E-state index contributed by atoms with van der Waals surface area (Å²) in [6, 6.07) is 0.506. The molecule has 6 heteroatoms. The lowest BCUT2D eigenvalue weighted by molar-refractivity contribution is 0.0951. The molecule has 2 aliphatic carbocycles. The Morgan fingerprint density at radius 2 is 2.20 bits per heavy atom. The summed E-state index contributed by atoms with van der Waals surface area (Å²) in [6.07, 6.45) is 6.23. The number of nitrogens with one attached hydrogen (secondary N) is 2. The van der Waals surface area contributed by atoms with Gasteiger partial charge in [-0.2, -0.15) is 0 Å². The number of aromatic nitrogens is 1. The molecular formula is C14H22N4OS. The van der Waals surface area contributed by atoms with Crippen LogP contribution in [0, 0.1) is 11.8 Å². The minimum Gasteiger partial charge on any atom is -0.382 e. The minimum atomic E-state index is -0.0887. The number of rotatable bonds is 6. The maximum atomic E-state index is 12.1. The summed E-state index contributed by atoms with van der Waals surface area (Å²) in [4.78, 5) is 16.9. The molecule has 0 spiro atoms. The molecule has 0 aromatic carbocycles. The Labute approximate surface area is 123 Å². The fraction of sp³-hybridized carbons (Fsp3) is 0.714. The number of nitrogens with zero attached hydrogens (tertiary/aromatic N) is 1. The summed E-state index contributed by atoms with van der Waals surface area (Å²) in [7, 11) is 0. The van der Waals surface area contributed by atoms with Crippen molar-refractivity contribution in [2.75, 3.05) is 17.6 Å². The summed E-state index contributed by atoms with van der Waals surface area (Å²) < 4.78 is 0. The van der Waals surface area contributed by atoms with Crippen LogP contribution in [0.1, 0.15) is 48.7 Å². The summed E-state index contributed by atoms with van der Waals surface area (Å²) in [6.45, 7) is 2.92. The molecule has 2 saturated carbocycles. The van der Waals surface area contributed by atoms with Crippen molar-refractivity contribution in [3.05, 3.63) is 4.88 Å². The first-order valence-corrected chi connectivity index (χ1v) is 8.26. The average molecular weight is 294 g/mol. The third-order valence-corrected chi connectivity index (χ3v) is 5.30.